The predicted molar refractivity (Wildman–Crippen MR) is 54.7 cm³/mol. The van der Waals surface area contributed by atoms with Gasteiger partial charge in [0.2, 0.25) is 0 Å². The van der Waals surface area contributed by atoms with E-state index < -0.39 is 6.23 Å². The van der Waals surface area contributed by atoms with Crippen molar-refractivity contribution in [2.45, 2.75) is 6.23 Å². The van der Waals surface area contributed by atoms with Crippen molar-refractivity contribution in [1.29, 1.82) is 0 Å². The standard InChI is InChI=1S/C7H16N2O4S/c8-7(14)9-6(5-11)13-4-3-12-2-1-10/h6,10-11H,1-5H2,(H3,8,9,14). The molecule has 0 saturated heterocycles. The van der Waals surface area contributed by atoms with Gasteiger partial charge in [0.25, 0.3) is 0 Å². The average molecular weight is 224 g/mol. The van der Waals surface area contributed by atoms with E-state index in [0.717, 1.165) is 0 Å². The monoisotopic (exact) mass is 224 g/mol. The highest BCUT2D eigenvalue weighted by Crippen LogP contribution is 1.86. The molecule has 0 aromatic rings. The van der Waals surface area contributed by atoms with Crippen molar-refractivity contribution >= 4 is 17.3 Å². The van der Waals surface area contributed by atoms with Crippen molar-refractivity contribution in [1.82, 2.24) is 5.32 Å². The van der Waals surface area contributed by atoms with Crippen LogP contribution >= 0.6 is 12.2 Å². The summed E-state index contributed by atoms with van der Waals surface area (Å²) in [5.74, 6) is 0. The average Bonchev–Trinajstić information content (AvgIpc) is 2.15. The first-order valence-electron chi connectivity index (χ1n) is 4.17. The highest BCUT2D eigenvalue weighted by molar-refractivity contribution is 7.80. The summed E-state index contributed by atoms with van der Waals surface area (Å²) in [6, 6.07) is 0. The predicted octanol–water partition coefficient (Wildman–Crippen LogP) is -1.84. The molecular formula is C7H16N2O4S. The third kappa shape index (κ3) is 8.14. The van der Waals surface area contributed by atoms with Gasteiger partial charge in [-0.05, 0) is 12.2 Å². The van der Waals surface area contributed by atoms with E-state index in [1.807, 2.05) is 0 Å². The maximum absolute atomic E-state index is 8.79. The third-order valence-corrected chi connectivity index (χ3v) is 1.37. The lowest BCUT2D eigenvalue weighted by Crippen LogP contribution is -2.42. The Morgan fingerprint density at radius 2 is 2.07 bits per heavy atom. The summed E-state index contributed by atoms with van der Waals surface area (Å²) in [7, 11) is 0. The van der Waals surface area contributed by atoms with Crippen LogP contribution in [-0.2, 0) is 9.47 Å². The van der Waals surface area contributed by atoms with E-state index in [1.165, 1.54) is 0 Å². The second-order valence-corrected chi connectivity index (χ2v) is 2.83. The van der Waals surface area contributed by atoms with E-state index in [4.69, 9.17) is 25.4 Å². The zero-order valence-corrected chi connectivity index (χ0v) is 8.63. The van der Waals surface area contributed by atoms with E-state index >= 15 is 0 Å². The topological polar surface area (TPSA) is 97.0 Å². The number of nitrogens with two attached hydrogens (primary N) is 1. The van der Waals surface area contributed by atoms with Crippen LogP contribution in [0.4, 0.5) is 0 Å². The molecule has 0 aliphatic rings. The minimum atomic E-state index is -0.606. The van der Waals surface area contributed by atoms with Gasteiger partial charge >= 0.3 is 0 Å². The Morgan fingerprint density at radius 1 is 1.36 bits per heavy atom. The van der Waals surface area contributed by atoms with Gasteiger partial charge in [-0.25, -0.2) is 0 Å². The van der Waals surface area contributed by atoms with Crippen LogP contribution in [0.2, 0.25) is 0 Å². The molecule has 0 aromatic heterocycles. The Hall–Kier alpha value is -0.470. The van der Waals surface area contributed by atoms with Crippen LogP contribution in [0.15, 0.2) is 0 Å². The van der Waals surface area contributed by atoms with Crippen molar-refractivity contribution in [2.24, 2.45) is 5.73 Å². The van der Waals surface area contributed by atoms with E-state index in [0.29, 0.717) is 13.2 Å². The summed E-state index contributed by atoms with van der Waals surface area (Å²) in [5.41, 5.74) is 5.19. The van der Waals surface area contributed by atoms with Crippen molar-refractivity contribution < 1.29 is 19.7 Å². The quantitative estimate of drug-likeness (QED) is 0.219. The first-order chi connectivity index (χ1) is 6.70. The van der Waals surface area contributed by atoms with Gasteiger partial charge in [0.15, 0.2) is 11.3 Å². The van der Waals surface area contributed by atoms with Crippen LogP contribution < -0.4 is 11.1 Å². The van der Waals surface area contributed by atoms with Crippen LogP contribution in [0.3, 0.4) is 0 Å². The van der Waals surface area contributed by atoms with E-state index in [1.54, 1.807) is 0 Å². The minimum Gasteiger partial charge on any atom is -0.394 e. The number of ether oxygens (including phenoxy) is 2. The summed E-state index contributed by atoms with van der Waals surface area (Å²) in [4.78, 5) is 0. The molecule has 0 amide bonds. The van der Waals surface area contributed by atoms with Gasteiger partial charge in [-0.15, -0.1) is 0 Å². The van der Waals surface area contributed by atoms with Crippen LogP contribution in [-0.4, -0.2) is 54.6 Å². The SMILES string of the molecule is NC(=S)NC(CO)OCCOCCO. The Bertz CT molecular complexity index is 159. The van der Waals surface area contributed by atoms with Crippen LogP contribution in [0.25, 0.3) is 0 Å². The fourth-order valence-electron chi connectivity index (χ4n) is 0.715. The smallest absolute Gasteiger partial charge is 0.165 e. The van der Waals surface area contributed by atoms with Crippen molar-refractivity contribution in [3.63, 3.8) is 0 Å². The van der Waals surface area contributed by atoms with Crippen molar-refractivity contribution in [2.75, 3.05) is 33.0 Å². The Morgan fingerprint density at radius 3 is 2.57 bits per heavy atom. The molecule has 0 spiro atoms. The highest BCUT2D eigenvalue weighted by Gasteiger charge is 2.06. The number of nitrogens with one attached hydrogen (secondary N) is 1. The fourth-order valence-corrected chi connectivity index (χ4v) is 0.846. The van der Waals surface area contributed by atoms with Crippen LogP contribution in [0.1, 0.15) is 0 Å². The molecule has 0 rings (SSSR count). The molecule has 0 aliphatic heterocycles. The summed E-state index contributed by atoms with van der Waals surface area (Å²) in [6.45, 7) is 0.665. The first kappa shape index (κ1) is 13.5. The molecule has 0 bridgehead atoms. The first-order valence-corrected chi connectivity index (χ1v) is 4.58. The van der Waals surface area contributed by atoms with E-state index in [-0.39, 0.29) is 24.9 Å². The number of aliphatic hydroxyl groups excluding tert-OH is 2. The molecule has 6 nitrogen and oxygen atoms in total. The molecule has 1 atom stereocenters. The molecule has 5 N–H and O–H groups in total. The maximum Gasteiger partial charge on any atom is 0.165 e. The molecule has 0 fully saturated rings. The molecule has 0 aromatic carbocycles. The van der Waals surface area contributed by atoms with Gasteiger partial charge in [0.05, 0.1) is 33.0 Å². The molecule has 0 radical (unpaired) electrons. The summed E-state index contributed by atoms with van der Waals surface area (Å²) < 4.78 is 10.0. The van der Waals surface area contributed by atoms with E-state index in [9.17, 15) is 0 Å². The van der Waals surface area contributed by atoms with Crippen molar-refractivity contribution in [3.05, 3.63) is 0 Å². The zero-order valence-electron chi connectivity index (χ0n) is 7.81. The summed E-state index contributed by atoms with van der Waals surface area (Å²) >= 11 is 4.57. The number of hydrogen-bond donors (Lipinski definition) is 4. The molecule has 84 valence electrons. The van der Waals surface area contributed by atoms with Gasteiger partial charge in [0.1, 0.15) is 0 Å². The number of hydrogen-bond acceptors (Lipinski definition) is 5. The van der Waals surface area contributed by atoms with Crippen LogP contribution in [0.5, 0.6) is 0 Å². The van der Waals surface area contributed by atoms with Gasteiger partial charge in [0, 0.05) is 0 Å². The number of aliphatic hydroxyl groups is 2. The Kier molecular flexibility index (Phi) is 8.79. The second kappa shape index (κ2) is 9.10. The Balaban J connectivity index is 3.38. The molecule has 0 heterocycles. The lowest BCUT2D eigenvalue weighted by atomic mass is 10.6. The number of rotatable bonds is 8. The van der Waals surface area contributed by atoms with Crippen molar-refractivity contribution in [3.8, 4) is 0 Å². The minimum absolute atomic E-state index is 0.0193. The normalized spacial score (nSPS) is 12.4. The maximum atomic E-state index is 8.79. The van der Waals surface area contributed by atoms with Gasteiger partial charge in [-0.1, -0.05) is 0 Å². The largest absolute Gasteiger partial charge is 0.394 e. The van der Waals surface area contributed by atoms with Crippen LogP contribution in [0, 0.1) is 0 Å². The third-order valence-electron chi connectivity index (χ3n) is 1.25. The summed E-state index contributed by atoms with van der Waals surface area (Å²) in [5, 5.41) is 19.8. The Labute approximate surface area is 88.0 Å². The molecule has 7 heteroatoms. The van der Waals surface area contributed by atoms with Gasteiger partial charge < -0.3 is 30.7 Å². The van der Waals surface area contributed by atoms with Gasteiger partial charge in [-0.2, -0.15) is 0 Å². The molecule has 0 saturated carbocycles. The fraction of sp³-hybridized carbons (Fsp3) is 0.857. The molecular weight excluding hydrogens is 208 g/mol. The molecule has 0 aliphatic carbocycles. The zero-order chi connectivity index (χ0) is 10.8. The highest BCUT2D eigenvalue weighted by atomic mass is 32.1. The summed E-state index contributed by atoms with van der Waals surface area (Å²) in [6.07, 6.45) is -0.606. The van der Waals surface area contributed by atoms with E-state index in [2.05, 4.69) is 17.5 Å². The lowest BCUT2D eigenvalue weighted by molar-refractivity contribution is -0.0294. The second-order valence-electron chi connectivity index (χ2n) is 2.39. The number of thiocarbonyl (C=S) groups is 1. The van der Waals surface area contributed by atoms with Gasteiger partial charge in [-0.3, -0.25) is 0 Å². The molecule has 1 unspecified atom stereocenters. The molecule has 14 heavy (non-hydrogen) atoms. The lowest BCUT2D eigenvalue weighted by Gasteiger charge is -2.16.